The summed E-state index contributed by atoms with van der Waals surface area (Å²) in [7, 11) is 0. The number of imide groups is 1. The number of aromatic amines is 1. The van der Waals surface area contributed by atoms with Crippen molar-refractivity contribution in [3.05, 3.63) is 59.9 Å². The fraction of sp³-hybridized carbons (Fsp3) is 0.444. The Bertz CT molecular complexity index is 1220. The number of hydrogen-bond acceptors (Lipinski definition) is 3. The number of nitrogens with zero attached hydrogens (tertiary/aromatic N) is 2. The molecule has 3 aliphatic rings. The van der Waals surface area contributed by atoms with Crippen molar-refractivity contribution in [1.29, 1.82) is 0 Å². The predicted octanol–water partition coefficient (Wildman–Crippen LogP) is 5.40. The van der Waals surface area contributed by atoms with Gasteiger partial charge in [-0.05, 0) is 72.3 Å². The number of para-hydroxylation sites is 1. The molecular formula is C27H29N3O2. The van der Waals surface area contributed by atoms with Crippen LogP contribution in [0.3, 0.4) is 0 Å². The molecule has 32 heavy (non-hydrogen) atoms. The summed E-state index contributed by atoms with van der Waals surface area (Å²) in [5, 5.41) is 1.11. The van der Waals surface area contributed by atoms with Crippen molar-refractivity contribution in [3.8, 4) is 0 Å². The Balaban J connectivity index is 1.54. The monoisotopic (exact) mass is 427 g/mol. The minimum Gasteiger partial charge on any atom is -0.342 e. The zero-order valence-electron chi connectivity index (χ0n) is 18.8. The number of carbonyl (C=O) groups excluding carboxylic acids is 2. The second-order valence-electron chi connectivity index (χ2n) is 10.8. The third-order valence-corrected chi connectivity index (χ3v) is 8.27. The summed E-state index contributed by atoms with van der Waals surface area (Å²) >= 11 is 0. The maximum atomic E-state index is 13.9. The zero-order chi connectivity index (χ0) is 22.2. The van der Waals surface area contributed by atoms with Gasteiger partial charge in [-0.15, -0.1) is 0 Å². The highest BCUT2D eigenvalue weighted by Gasteiger charge is 2.59. The number of carbonyl (C=O) groups is 2. The molecule has 3 heterocycles. The van der Waals surface area contributed by atoms with Crippen LogP contribution >= 0.6 is 0 Å². The van der Waals surface area contributed by atoms with Gasteiger partial charge < -0.3 is 4.98 Å². The Morgan fingerprint density at radius 1 is 1.00 bits per heavy atom. The van der Waals surface area contributed by atoms with Crippen LogP contribution in [-0.4, -0.2) is 21.8 Å². The molecule has 1 aromatic carbocycles. The summed E-state index contributed by atoms with van der Waals surface area (Å²) in [6.07, 6.45) is 4.98. The standard InChI is InChI=1S/C27H29N3O2/c1-27(2,3)15-11-12-17-19(14-15)21-22(23-20(17)18-10-7-13-28-24(18)29-23)26(32)30(25(21)31)16-8-5-4-6-9-16/h4-10,13,15,17,19,21-22H,11-12,14H2,1-3H3,(H,28,29). The molecule has 0 bridgehead atoms. The first kappa shape index (κ1) is 19.7. The lowest BCUT2D eigenvalue weighted by molar-refractivity contribution is -0.123. The Morgan fingerprint density at radius 2 is 1.78 bits per heavy atom. The number of amides is 2. The molecule has 2 amide bonds. The van der Waals surface area contributed by atoms with Crippen molar-refractivity contribution in [3.63, 3.8) is 0 Å². The topological polar surface area (TPSA) is 66.1 Å². The minimum atomic E-state index is -0.452. The summed E-state index contributed by atoms with van der Waals surface area (Å²) in [4.78, 5) is 37.1. The lowest BCUT2D eigenvalue weighted by Gasteiger charge is -2.47. The summed E-state index contributed by atoms with van der Waals surface area (Å²) in [6.45, 7) is 6.91. The molecule has 2 aromatic heterocycles. The van der Waals surface area contributed by atoms with Crippen LogP contribution in [-0.2, 0) is 9.59 Å². The summed E-state index contributed by atoms with van der Waals surface area (Å²) in [6, 6.07) is 13.5. The smallest absolute Gasteiger partial charge is 0.243 e. The quantitative estimate of drug-likeness (QED) is 0.529. The van der Waals surface area contributed by atoms with E-state index in [0.717, 1.165) is 36.0 Å². The third kappa shape index (κ3) is 2.66. The SMILES string of the molecule is CC(C)(C)C1CCC2c3c([nH]c4ncccc34)C3C(=O)N(c4ccccc4)C(=O)C3C2C1. The van der Waals surface area contributed by atoms with Crippen LogP contribution in [0.1, 0.15) is 63.1 Å². The van der Waals surface area contributed by atoms with Crippen LogP contribution in [0.4, 0.5) is 5.69 Å². The predicted molar refractivity (Wildman–Crippen MR) is 124 cm³/mol. The van der Waals surface area contributed by atoms with E-state index in [2.05, 4.69) is 36.8 Å². The highest BCUT2D eigenvalue weighted by molar-refractivity contribution is 6.24. The lowest BCUT2D eigenvalue weighted by Crippen LogP contribution is -2.41. The van der Waals surface area contributed by atoms with Gasteiger partial charge in [0.2, 0.25) is 11.8 Å². The first-order chi connectivity index (χ1) is 15.4. The maximum absolute atomic E-state index is 13.9. The Morgan fingerprint density at radius 3 is 2.53 bits per heavy atom. The van der Waals surface area contributed by atoms with Crippen molar-refractivity contribution in [1.82, 2.24) is 9.97 Å². The van der Waals surface area contributed by atoms with Gasteiger partial charge in [-0.3, -0.25) is 9.59 Å². The van der Waals surface area contributed by atoms with E-state index < -0.39 is 5.92 Å². The fourth-order valence-corrected chi connectivity index (χ4v) is 6.71. The fourth-order valence-electron chi connectivity index (χ4n) is 6.71. The highest BCUT2D eigenvalue weighted by Crippen LogP contribution is 2.59. The van der Waals surface area contributed by atoms with Crippen molar-refractivity contribution < 1.29 is 9.59 Å². The molecule has 5 atom stereocenters. The molecular weight excluding hydrogens is 398 g/mol. The number of nitrogens with one attached hydrogen (secondary N) is 1. The van der Waals surface area contributed by atoms with Crippen molar-refractivity contribution >= 4 is 28.5 Å². The average Bonchev–Trinajstić information content (AvgIpc) is 3.29. The largest absolute Gasteiger partial charge is 0.342 e. The third-order valence-electron chi connectivity index (χ3n) is 8.27. The second kappa shape index (κ2) is 6.77. The molecule has 1 aliphatic heterocycles. The number of H-pyrrole nitrogens is 1. The van der Waals surface area contributed by atoms with E-state index in [9.17, 15) is 9.59 Å². The second-order valence-corrected chi connectivity index (χ2v) is 10.8. The minimum absolute atomic E-state index is 0.0342. The molecule has 1 saturated heterocycles. The van der Waals surface area contributed by atoms with Gasteiger partial charge in [0, 0.05) is 17.3 Å². The molecule has 1 N–H and O–H groups in total. The average molecular weight is 428 g/mol. The highest BCUT2D eigenvalue weighted by atomic mass is 16.2. The van der Waals surface area contributed by atoms with Gasteiger partial charge in [0.15, 0.2) is 0 Å². The van der Waals surface area contributed by atoms with E-state index >= 15 is 0 Å². The van der Waals surface area contributed by atoms with E-state index in [1.165, 1.54) is 10.5 Å². The number of pyridine rings is 1. The molecule has 5 unspecified atom stereocenters. The number of benzene rings is 1. The van der Waals surface area contributed by atoms with Crippen LogP contribution in [0, 0.1) is 23.2 Å². The van der Waals surface area contributed by atoms with Gasteiger partial charge >= 0.3 is 0 Å². The number of aromatic nitrogens is 2. The van der Waals surface area contributed by atoms with Crippen LogP contribution in [0.5, 0.6) is 0 Å². The maximum Gasteiger partial charge on any atom is 0.243 e. The number of rotatable bonds is 1. The van der Waals surface area contributed by atoms with Crippen LogP contribution in [0.2, 0.25) is 0 Å². The molecule has 2 fully saturated rings. The first-order valence-electron chi connectivity index (χ1n) is 11.8. The number of hydrogen-bond donors (Lipinski definition) is 1. The van der Waals surface area contributed by atoms with Crippen molar-refractivity contribution in [2.24, 2.45) is 23.2 Å². The van der Waals surface area contributed by atoms with Crippen LogP contribution < -0.4 is 4.90 Å². The molecule has 6 rings (SSSR count). The normalized spacial score (nSPS) is 29.7. The van der Waals surface area contributed by atoms with E-state index in [4.69, 9.17) is 0 Å². The van der Waals surface area contributed by atoms with E-state index in [1.807, 2.05) is 36.4 Å². The van der Waals surface area contributed by atoms with Gasteiger partial charge in [-0.25, -0.2) is 9.88 Å². The van der Waals surface area contributed by atoms with Gasteiger partial charge in [0.25, 0.3) is 0 Å². The van der Waals surface area contributed by atoms with E-state index in [-0.39, 0.29) is 35.0 Å². The van der Waals surface area contributed by atoms with Gasteiger partial charge in [0.05, 0.1) is 17.5 Å². The molecule has 5 nitrogen and oxygen atoms in total. The van der Waals surface area contributed by atoms with Crippen molar-refractivity contribution in [2.75, 3.05) is 4.90 Å². The number of anilines is 1. The molecule has 3 aromatic rings. The first-order valence-corrected chi connectivity index (χ1v) is 11.8. The summed E-state index contributed by atoms with van der Waals surface area (Å²) in [5.41, 5.74) is 3.85. The molecule has 1 saturated carbocycles. The van der Waals surface area contributed by atoms with Crippen LogP contribution in [0.15, 0.2) is 48.7 Å². The van der Waals surface area contributed by atoms with Gasteiger partial charge in [0.1, 0.15) is 5.65 Å². The van der Waals surface area contributed by atoms with E-state index in [1.54, 1.807) is 6.20 Å². The molecule has 2 aliphatic carbocycles. The molecule has 5 heteroatoms. The summed E-state index contributed by atoms with van der Waals surface area (Å²) in [5.74, 6) is 0.113. The zero-order valence-corrected chi connectivity index (χ0v) is 18.8. The van der Waals surface area contributed by atoms with Gasteiger partial charge in [-0.2, -0.15) is 0 Å². The van der Waals surface area contributed by atoms with Crippen molar-refractivity contribution in [2.45, 2.75) is 51.9 Å². The van der Waals surface area contributed by atoms with Gasteiger partial charge in [-0.1, -0.05) is 39.0 Å². The summed E-state index contributed by atoms with van der Waals surface area (Å²) < 4.78 is 0. The van der Waals surface area contributed by atoms with Crippen LogP contribution in [0.25, 0.3) is 11.0 Å². The lowest BCUT2D eigenvalue weighted by atomic mass is 9.56. The molecule has 0 spiro atoms. The Hall–Kier alpha value is -2.95. The number of fused-ring (bicyclic) bond motifs is 8. The van der Waals surface area contributed by atoms with E-state index in [0.29, 0.717) is 11.6 Å². The molecule has 0 radical (unpaired) electrons. The Labute approximate surface area is 188 Å². The Kier molecular flexibility index (Phi) is 4.17. The molecule has 164 valence electrons.